The summed E-state index contributed by atoms with van der Waals surface area (Å²) in [6, 6.07) is 4.13. The van der Waals surface area contributed by atoms with Gasteiger partial charge < -0.3 is 24.7 Å². The summed E-state index contributed by atoms with van der Waals surface area (Å²) in [5.74, 6) is -0.733. The van der Waals surface area contributed by atoms with E-state index in [0.29, 0.717) is 29.4 Å². The van der Waals surface area contributed by atoms with Crippen molar-refractivity contribution in [2.75, 3.05) is 0 Å². The summed E-state index contributed by atoms with van der Waals surface area (Å²) in [6.07, 6.45) is 5.99. The van der Waals surface area contributed by atoms with E-state index in [2.05, 4.69) is 9.98 Å². The Morgan fingerprint density at radius 3 is 2.86 bits per heavy atom. The average Bonchev–Trinajstić information content (AvgIpc) is 3.26. The molecule has 8 heteroatoms. The highest BCUT2D eigenvalue weighted by atomic mass is 16.7. The second-order valence-corrected chi connectivity index (χ2v) is 7.11. The molecule has 0 bridgehead atoms. The number of aromatic hydroxyl groups is 2. The van der Waals surface area contributed by atoms with Gasteiger partial charge in [0.25, 0.3) is 0 Å². The van der Waals surface area contributed by atoms with Crippen molar-refractivity contribution in [3.05, 3.63) is 41.6 Å². The van der Waals surface area contributed by atoms with Crippen LogP contribution in [0, 0.1) is 0 Å². The Morgan fingerprint density at radius 1 is 1.28 bits per heavy atom. The molecule has 2 heterocycles. The van der Waals surface area contributed by atoms with Crippen LogP contribution in [0.5, 0.6) is 17.4 Å². The zero-order chi connectivity index (χ0) is 20.6. The molecule has 2 aromatic rings. The Morgan fingerprint density at radius 2 is 2.07 bits per heavy atom. The van der Waals surface area contributed by atoms with E-state index < -0.39 is 11.8 Å². The summed E-state index contributed by atoms with van der Waals surface area (Å²) in [7, 11) is 0. The van der Waals surface area contributed by atoms with Gasteiger partial charge in [-0.2, -0.15) is 0 Å². The fourth-order valence-electron chi connectivity index (χ4n) is 3.51. The number of aromatic amines is 1. The van der Waals surface area contributed by atoms with Crippen LogP contribution in [0.25, 0.3) is 10.9 Å². The van der Waals surface area contributed by atoms with E-state index in [0.717, 1.165) is 12.0 Å². The van der Waals surface area contributed by atoms with E-state index in [1.807, 2.05) is 6.92 Å². The van der Waals surface area contributed by atoms with E-state index in [4.69, 9.17) is 9.47 Å². The number of ketones is 1. The Kier molecular flexibility index (Phi) is 4.62. The average molecular weight is 396 g/mol. The minimum Gasteiger partial charge on any atom is -0.504 e. The molecule has 150 valence electrons. The van der Waals surface area contributed by atoms with Crippen LogP contribution in [0.3, 0.4) is 0 Å². The number of benzene rings is 1. The standard InChI is InChI=1S/C21H20N2O6/c1-2-3-5-21(11-15-12(4-6-22-15)8-18(21)26)29-20(27)28-19-9-13-7-16(24)17(25)10-14(13)23-19/h4,6-7,9-11,23-25H,2-3,5,8H2,1H3. The minimum atomic E-state index is -1.41. The summed E-state index contributed by atoms with van der Waals surface area (Å²) in [5, 5.41) is 19.7. The van der Waals surface area contributed by atoms with E-state index in [1.54, 1.807) is 18.4 Å². The van der Waals surface area contributed by atoms with Crippen LogP contribution >= 0.6 is 0 Å². The highest BCUT2D eigenvalue weighted by molar-refractivity contribution is 5.98. The first-order valence-electron chi connectivity index (χ1n) is 9.35. The van der Waals surface area contributed by atoms with Crippen LogP contribution < -0.4 is 4.74 Å². The summed E-state index contributed by atoms with van der Waals surface area (Å²) in [5.41, 5.74) is 0.512. The minimum absolute atomic E-state index is 0.0658. The van der Waals surface area contributed by atoms with Crippen molar-refractivity contribution in [1.29, 1.82) is 0 Å². The first kappa shape index (κ1) is 18.8. The number of aliphatic imine (C=N–C) groups is 1. The summed E-state index contributed by atoms with van der Waals surface area (Å²) < 4.78 is 10.8. The highest BCUT2D eigenvalue weighted by Gasteiger charge is 2.44. The highest BCUT2D eigenvalue weighted by Crippen LogP contribution is 2.37. The SMILES string of the molecule is CCCCC1(OC(=O)Oc2cc3cc(O)c(O)cc3[nH]2)C=C2N=CC=C2CC1=O. The Hall–Kier alpha value is -3.55. The molecular weight excluding hydrogens is 376 g/mol. The lowest BCUT2D eigenvalue weighted by Gasteiger charge is -2.32. The Labute approximate surface area is 166 Å². The molecule has 1 aliphatic heterocycles. The van der Waals surface area contributed by atoms with Crippen molar-refractivity contribution >= 4 is 29.1 Å². The predicted octanol–water partition coefficient (Wildman–Crippen LogP) is 3.89. The van der Waals surface area contributed by atoms with Gasteiger partial charge in [-0.05, 0) is 36.6 Å². The molecule has 4 rings (SSSR count). The molecule has 0 radical (unpaired) electrons. The fourth-order valence-corrected chi connectivity index (χ4v) is 3.51. The molecule has 0 saturated heterocycles. The predicted molar refractivity (Wildman–Crippen MR) is 105 cm³/mol. The number of phenols is 2. The van der Waals surface area contributed by atoms with Crippen molar-refractivity contribution in [3.63, 3.8) is 0 Å². The van der Waals surface area contributed by atoms with Crippen LogP contribution in [0.2, 0.25) is 0 Å². The number of ether oxygens (including phenoxy) is 2. The molecule has 1 aromatic carbocycles. The van der Waals surface area contributed by atoms with Gasteiger partial charge >= 0.3 is 6.16 Å². The van der Waals surface area contributed by atoms with Crippen LogP contribution in [-0.4, -0.2) is 39.0 Å². The van der Waals surface area contributed by atoms with E-state index >= 15 is 0 Å². The summed E-state index contributed by atoms with van der Waals surface area (Å²) in [6.45, 7) is 1.99. The van der Waals surface area contributed by atoms with Gasteiger partial charge in [0.15, 0.2) is 22.9 Å². The number of unbranched alkanes of at least 4 members (excludes halogenated alkanes) is 1. The van der Waals surface area contributed by atoms with Crippen LogP contribution in [-0.2, 0) is 9.53 Å². The maximum Gasteiger partial charge on any atom is 0.516 e. The molecule has 1 unspecified atom stereocenters. The van der Waals surface area contributed by atoms with Crippen molar-refractivity contribution < 1.29 is 29.3 Å². The number of carbonyl (C=O) groups is 2. The number of allylic oxidation sites excluding steroid dienone is 2. The molecule has 2 aliphatic rings. The molecule has 3 N–H and O–H groups in total. The van der Waals surface area contributed by atoms with Crippen LogP contribution in [0.4, 0.5) is 4.79 Å². The third kappa shape index (κ3) is 3.49. The number of aromatic nitrogens is 1. The number of fused-ring (bicyclic) bond motifs is 2. The van der Waals surface area contributed by atoms with E-state index in [9.17, 15) is 19.8 Å². The van der Waals surface area contributed by atoms with E-state index in [-0.39, 0.29) is 29.6 Å². The summed E-state index contributed by atoms with van der Waals surface area (Å²) in [4.78, 5) is 32.4. The van der Waals surface area contributed by atoms with Gasteiger partial charge in [-0.15, -0.1) is 0 Å². The molecule has 0 amide bonds. The quantitative estimate of drug-likeness (QED) is 0.521. The fraction of sp³-hybridized carbons (Fsp3) is 0.286. The van der Waals surface area contributed by atoms with Crippen molar-refractivity contribution in [1.82, 2.24) is 4.98 Å². The first-order chi connectivity index (χ1) is 13.9. The van der Waals surface area contributed by atoms with Gasteiger partial charge in [0.1, 0.15) is 0 Å². The van der Waals surface area contributed by atoms with Crippen molar-refractivity contribution in [3.8, 4) is 17.4 Å². The number of hydrogen-bond acceptors (Lipinski definition) is 7. The zero-order valence-electron chi connectivity index (χ0n) is 15.8. The number of phenolic OH excluding ortho intramolecular Hbond substituents is 2. The third-order valence-corrected chi connectivity index (χ3v) is 5.06. The second kappa shape index (κ2) is 7.12. The van der Waals surface area contributed by atoms with Crippen LogP contribution in [0.15, 0.2) is 46.6 Å². The van der Waals surface area contributed by atoms with Crippen LogP contribution in [0.1, 0.15) is 32.6 Å². The Bertz CT molecular complexity index is 1060. The normalized spacial score (nSPS) is 20.4. The second-order valence-electron chi connectivity index (χ2n) is 7.11. The van der Waals surface area contributed by atoms with Gasteiger partial charge in [-0.3, -0.25) is 9.79 Å². The largest absolute Gasteiger partial charge is 0.516 e. The third-order valence-electron chi connectivity index (χ3n) is 5.06. The van der Waals surface area contributed by atoms with Gasteiger partial charge in [0, 0.05) is 30.2 Å². The number of carbonyl (C=O) groups excluding carboxylic acids is 2. The number of nitrogens with zero attached hydrogens (tertiary/aromatic N) is 1. The van der Waals surface area contributed by atoms with Gasteiger partial charge in [-0.25, -0.2) is 4.79 Å². The smallest absolute Gasteiger partial charge is 0.504 e. The topological polar surface area (TPSA) is 121 Å². The summed E-state index contributed by atoms with van der Waals surface area (Å²) >= 11 is 0. The molecule has 8 nitrogen and oxygen atoms in total. The first-order valence-corrected chi connectivity index (χ1v) is 9.35. The number of H-pyrrole nitrogens is 1. The zero-order valence-corrected chi connectivity index (χ0v) is 15.8. The molecular formula is C21H20N2O6. The lowest BCUT2D eigenvalue weighted by Crippen LogP contribution is -2.44. The lowest BCUT2D eigenvalue weighted by atomic mass is 9.82. The van der Waals surface area contributed by atoms with Gasteiger partial charge in [0.05, 0.1) is 11.2 Å². The number of hydrogen-bond donors (Lipinski definition) is 3. The maximum absolute atomic E-state index is 12.8. The van der Waals surface area contributed by atoms with Crippen molar-refractivity contribution in [2.45, 2.75) is 38.2 Å². The molecule has 0 spiro atoms. The lowest BCUT2D eigenvalue weighted by molar-refractivity contribution is -0.135. The number of nitrogens with one attached hydrogen (secondary N) is 1. The molecule has 1 aromatic heterocycles. The van der Waals surface area contributed by atoms with E-state index in [1.165, 1.54) is 18.2 Å². The maximum atomic E-state index is 12.8. The molecule has 0 fully saturated rings. The van der Waals surface area contributed by atoms with Gasteiger partial charge in [0.2, 0.25) is 5.88 Å². The Balaban J connectivity index is 1.57. The molecule has 1 atom stereocenters. The number of rotatable bonds is 5. The monoisotopic (exact) mass is 396 g/mol. The van der Waals surface area contributed by atoms with Crippen molar-refractivity contribution in [2.24, 2.45) is 4.99 Å². The molecule has 0 saturated carbocycles. The molecule has 1 aliphatic carbocycles. The number of Topliss-reactive ketones (excluding diaryl/α,β-unsaturated/α-hetero) is 1. The molecule has 29 heavy (non-hydrogen) atoms. The van der Waals surface area contributed by atoms with Gasteiger partial charge in [-0.1, -0.05) is 13.3 Å².